The lowest BCUT2D eigenvalue weighted by atomic mass is 10.0. The molecule has 3 rings (SSSR count). The van der Waals surface area contributed by atoms with Crippen molar-refractivity contribution in [2.75, 3.05) is 12.8 Å². The summed E-state index contributed by atoms with van der Waals surface area (Å²) in [7, 11) is -3.89. The van der Waals surface area contributed by atoms with Crippen molar-refractivity contribution in [3.05, 3.63) is 57.2 Å². The van der Waals surface area contributed by atoms with Gasteiger partial charge < -0.3 is 19.1 Å². The van der Waals surface area contributed by atoms with Gasteiger partial charge in [0.1, 0.15) is 22.7 Å². The highest BCUT2D eigenvalue weighted by Gasteiger charge is 2.44. The lowest BCUT2D eigenvalue weighted by Crippen LogP contribution is -2.31. The maximum atomic E-state index is 13.8. The fourth-order valence-electron chi connectivity index (χ4n) is 3.83. The van der Waals surface area contributed by atoms with E-state index in [9.17, 15) is 19.3 Å². The Labute approximate surface area is 215 Å². The maximum absolute atomic E-state index is 13.8. The molecule has 1 aromatic heterocycles. The van der Waals surface area contributed by atoms with Crippen LogP contribution in [0.3, 0.4) is 0 Å². The molecule has 6 atom stereocenters. The average Bonchev–Trinajstić information content (AvgIpc) is 3.08. The molecule has 1 aliphatic rings. The van der Waals surface area contributed by atoms with Crippen molar-refractivity contribution >= 4 is 25.8 Å². The predicted octanol–water partition coefficient (Wildman–Crippen LogP) is 3.99. The third-order valence-electron chi connectivity index (χ3n) is 5.78. The van der Waals surface area contributed by atoms with Gasteiger partial charge in [-0.3, -0.25) is 18.9 Å². The van der Waals surface area contributed by atoms with Crippen LogP contribution < -0.4 is 10.2 Å². The second-order valence-electron chi connectivity index (χ2n) is 9.27. The molecule has 1 aromatic carbocycles. The zero-order chi connectivity index (χ0) is 26.6. The maximum Gasteiger partial charge on any atom is 0.380 e. The van der Waals surface area contributed by atoms with Gasteiger partial charge >= 0.3 is 19.3 Å². The predicted molar refractivity (Wildman–Crippen MR) is 136 cm³/mol. The minimum atomic E-state index is -3.89. The van der Waals surface area contributed by atoms with E-state index in [4.69, 9.17) is 30.7 Å². The van der Waals surface area contributed by atoms with Gasteiger partial charge in [0.05, 0.1) is 30.9 Å². The summed E-state index contributed by atoms with van der Waals surface area (Å²) in [5.41, 5.74) is 0.212. The number of hydrogen-bond acceptors (Lipinski definition) is 9. The summed E-state index contributed by atoms with van der Waals surface area (Å²) in [5.74, 6) is -1.45. The van der Waals surface area contributed by atoms with E-state index < -0.39 is 49.5 Å². The largest absolute Gasteiger partial charge is 0.463 e. The molecule has 0 spiro atoms. The van der Waals surface area contributed by atoms with Gasteiger partial charge in [-0.1, -0.05) is 44.3 Å². The molecular weight excluding hydrogens is 507 g/mol. The third kappa shape index (κ3) is 6.92. The molecule has 0 amide bonds. The van der Waals surface area contributed by atoms with E-state index >= 15 is 0 Å². The first-order valence-corrected chi connectivity index (χ1v) is 13.9. The third-order valence-corrected chi connectivity index (χ3v) is 8.23. The quantitative estimate of drug-likeness (QED) is 0.261. The summed E-state index contributed by atoms with van der Waals surface area (Å²) in [6, 6.07) is 8.47. The van der Waals surface area contributed by atoms with Crippen LogP contribution in [0.1, 0.15) is 39.5 Å². The van der Waals surface area contributed by atoms with Gasteiger partial charge in [-0.25, -0.2) is 9.36 Å². The first-order valence-electron chi connectivity index (χ1n) is 11.7. The number of aliphatic hydroxyl groups excluding tert-OH is 1. The number of nitrogens with zero attached hydrogens (tertiary/aromatic N) is 1. The summed E-state index contributed by atoms with van der Waals surface area (Å²) in [5, 5.41) is 10.8. The Morgan fingerprint density at radius 1 is 1.28 bits per heavy atom. The Morgan fingerprint density at radius 3 is 2.58 bits per heavy atom. The molecule has 36 heavy (non-hydrogen) atoms. The highest BCUT2D eigenvalue weighted by molar-refractivity contribution is 7.71. The Hall–Kier alpha value is -2.30. The number of para-hydroxylation sites is 1. The van der Waals surface area contributed by atoms with Gasteiger partial charge in [-0.05, 0) is 32.9 Å². The molecule has 0 saturated carbocycles. The van der Waals surface area contributed by atoms with Crippen molar-refractivity contribution in [1.29, 1.82) is 0 Å². The number of benzene rings is 1. The molecule has 2 aromatic rings. The first-order chi connectivity index (χ1) is 16.9. The van der Waals surface area contributed by atoms with Gasteiger partial charge in [0.15, 0.2) is 0 Å². The van der Waals surface area contributed by atoms with Crippen molar-refractivity contribution in [2.45, 2.75) is 59.2 Å². The van der Waals surface area contributed by atoms with Gasteiger partial charge in [0, 0.05) is 17.7 Å². The number of hydrogen-bond donors (Lipinski definition) is 2. The molecule has 12 heteroatoms. The number of nitrogens with one attached hydrogen (secondary N) is 1. The Balaban J connectivity index is 1.77. The molecule has 0 bridgehead atoms. The van der Waals surface area contributed by atoms with Gasteiger partial charge in [-0.15, -0.1) is 0 Å². The molecule has 0 aliphatic carbocycles. The summed E-state index contributed by atoms with van der Waals surface area (Å²) < 4.78 is 38.1. The summed E-state index contributed by atoms with van der Waals surface area (Å²) in [6.07, 6.45) is -1.69. The Kier molecular flexibility index (Phi) is 9.29. The van der Waals surface area contributed by atoms with Crippen LogP contribution in [-0.2, 0) is 23.4 Å². The van der Waals surface area contributed by atoms with E-state index in [-0.39, 0.29) is 18.9 Å². The van der Waals surface area contributed by atoms with Crippen LogP contribution in [0.5, 0.6) is 5.75 Å². The number of rotatable bonds is 10. The Morgan fingerprint density at radius 2 is 1.94 bits per heavy atom. The van der Waals surface area contributed by atoms with E-state index in [1.807, 2.05) is 0 Å². The van der Waals surface area contributed by atoms with E-state index in [0.29, 0.717) is 16.0 Å². The zero-order valence-corrected chi connectivity index (χ0v) is 22.7. The minimum absolute atomic E-state index is 0.233. The summed E-state index contributed by atoms with van der Waals surface area (Å²) in [4.78, 5) is 27.4. The standard InChI is InChI=1S/C24H33N2O8PS/c1-14(2)32-23(28)16(4)13-35(30,34-18-9-7-6-8-10-18)31-12-19-20(27)17(5)22(33-19)26-11-15(3)21(36)25-24(26)29/h6-11,14,16-17,19-20,22,27H,12-13H2,1-5H3,(H,25,29,36)/t16-,17-,19+,20?,22+,35?/m1/s1. The van der Waals surface area contributed by atoms with E-state index in [2.05, 4.69) is 4.98 Å². The van der Waals surface area contributed by atoms with Crippen molar-refractivity contribution in [3.63, 3.8) is 0 Å². The number of aromatic amines is 1. The van der Waals surface area contributed by atoms with Crippen molar-refractivity contribution in [2.24, 2.45) is 11.8 Å². The van der Waals surface area contributed by atoms with Crippen LogP contribution in [0.2, 0.25) is 0 Å². The molecule has 2 unspecified atom stereocenters. The van der Waals surface area contributed by atoms with Crippen LogP contribution in [0, 0.1) is 23.4 Å². The van der Waals surface area contributed by atoms with Crippen molar-refractivity contribution in [1.82, 2.24) is 9.55 Å². The second kappa shape index (κ2) is 11.8. The lowest BCUT2D eigenvalue weighted by Gasteiger charge is -2.24. The van der Waals surface area contributed by atoms with Crippen molar-refractivity contribution in [3.8, 4) is 5.75 Å². The lowest BCUT2D eigenvalue weighted by molar-refractivity contribution is -0.151. The molecule has 1 aliphatic heterocycles. The highest BCUT2D eigenvalue weighted by Crippen LogP contribution is 2.51. The number of aliphatic hydroxyl groups is 1. The molecular formula is C24H33N2O8PS. The van der Waals surface area contributed by atoms with Crippen molar-refractivity contribution < 1.29 is 33.0 Å². The molecule has 2 heterocycles. The smallest absolute Gasteiger partial charge is 0.380 e. The number of H-pyrrole nitrogens is 1. The number of carbonyl (C=O) groups is 1. The minimum Gasteiger partial charge on any atom is -0.463 e. The topological polar surface area (TPSA) is 129 Å². The average molecular weight is 541 g/mol. The van der Waals surface area contributed by atoms with Crippen LogP contribution >= 0.6 is 19.8 Å². The summed E-state index contributed by atoms with van der Waals surface area (Å²) in [6.45, 7) is 8.25. The number of aryl methyl sites for hydroxylation is 1. The van der Waals surface area contributed by atoms with Gasteiger partial charge in [0.2, 0.25) is 0 Å². The fraction of sp³-hybridized carbons (Fsp3) is 0.542. The van der Waals surface area contributed by atoms with E-state index in [0.717, 1.165) is 0 Å². The number of ether oxygens (including phenoxy) is 2. The highest BCUT2D eigenvalue weighted by atomic mass is 32.1. The fourth-order valence-corrected chi connectivity index (χ4v) is 5.84. The summed E-state index contributed by atoms with van der Waals surface area (Å²) >= 11 is 5.11. The Bertz CT molecular complexity index is 1210. The van der Waals surface area contributed by atoms with Crippen LogP contribution in [-0.4, -0.2) is 51.7 Å². The molecule has 198 valence electrons. The van der Waals surface area contributed by atoms with Gasteiger partial charge in [0.25, 0.3) is 0 Å². The number of esters is 1. The number of carbonyl (C=O) groups excluding carboxylic acids is 1. The first kappa shape index (κ1) is 28.3. The van der Waals surface area contributed by atoms with E-state index in [1.165, 1.54) is 4.57 Å². The molecule has 1 saturated heterocycles. The SMILES string of the molecule is Cc1cn([C@H]2O[C@@H](COP(=O)(C[C@@H](C)C(=O)OC(C)C)Oc3ccccc3)C(O)[C@H]2C)c(=O)[nH]c1=S. The van der Waals surface area contributed by atoms with E-state index in [1.54, 1.807) is 71.1 Å². The molecule has 0 radical (unpaired) electrons. The molecule has 10 nitrogen and oxygen atoms in total. The molecule has 2 N–H and O–H groups in total. The van der Waals surface area contributed by atoms with Crippen LogP contribution in [0.15, 0.2) is 41.3 Å². The number of aromatic nitrogens is 2. The van der Waals surface area contributed by atoms with Crippen LogP contribution in [0.25, 0.3) is 0 Å². The molecule has 1 fully saturated rings. The zero-order valence-electron chi connectivity index (χ0n) is 21.0. The van der Waals surface area contributed by atoms with Crippen LogP contribution in [0.4, 0.5) is 0 Å². The monoisotopic (exact) mass is 540 g/mol. The normalized spacial score (nSPS) is 24.3. The van der Waals surface area contributed by atoms with Gasteiger partial charge in [-0.2, -0.15) is 0 Å². The second-order valence-corrected chi connectivity index (χ2v) is 11.7.